The predicted molar refractivity (Wildman–Crippen MR) is 66.5 cm³/mol. The van der Waals surface area contributed by atoms with Crippen LogP contribution in [-0.2, 0) is 4.74 Å². The van der Waals surface area contributed by atoms with Gasteiger partial charge in [-0.25, -0.2) is 4.98 Å². The van der Waals surface area contributed by atoms with E-state index in [-0.39, 0.29) is 30.6 Å². The Balaban J connectivity index is 1.64. The second-order valence-electron chi connectivity index (χ2n) is 4.51. The van der Waals surface area contributed by atoms with Crippen molar-refractivity contribution in [2.75, 3.05) is 13.1 Å². The summed E-state index contributed by atoms with van der Waals surface area (Å²) >= 11 is 0. The number of nitrogens with zero attached hydrogens (tertiary/aromatic N) is 3. The van der Waals surface area contributed by atoms with Gasteiger partial charge in [0, 0.05) is 25.5 Å². The molecule has 1 aliphatic rings. The standard InChI is InChI=1S/C13H11F2N3O3/c14-13(15)21-9-5-18(6-9)12(19)10-7-20-11(17-10)8-2-1-3-16-4-8/h1-4,7,9,13H,5-6H2. The zero-order valence-corrected chi connectivity index (χ0v) is 10.8. The maximum absolute atomic E-state index is 12.0. The Bertz CT molecular complexity index is 627. The molecule has 0 aromatic carbocycles. The number of hydrogen-bond acceptors (Lipinski definition) is 5. The molecule has 0 unspecified atom stereocenters. The third kappa shape index (κ3) is 2.89. The molecule has 1 saturated heterocycles. The van der Waals surface area contributed by atoms with Crippen LogP contribution in [0, 0.1) is 0 Å². The molecule has 1 fully saturated rings. The molecule has 0 bridgehead atoms. The molecule has 1 amide bonds. The van der Waals surface area contributed by atoms with E-state index in [1.54, 1.807) is 24.5 Å². The van der Waals surface area contributed by atoms with E-state index in [2.05, 4.69) is 14.7 Å². The van der Waals surface area contributed by atoms with E-state index in [1.165, 1.54) is 11.2 Å². The van der Waals surface area contributed by atoms with Crippen molar-refractivity contribution in [2.24, 2.45) is 0 Å². The fraction of sp³-hybridized carbons (Fsp3) is 0.308. The van der Waals surface area contributed by atoms with Gasteiger partial charge in [0.2, 0.25) is 5.89 Å². The van der Waals surface area contributed by atoms with Crippen LogP contribution in [0.4, 0.5) is 8.78 Å². The van der Waals surface area contributed by atoms with Crippen LogP contribution in [0.25, 0.3) is 11.5 Å². The highest BCUT2D eigenvalue weighted by Gasteiger charge is 2.35. The number of hydrogen-bond donors (Lipinski definition) is 0. The Morgan fingerprint density at radius 2 is 2.29 bits per heavy atom. The SMILES string of the molecule is O=C(c1coc(-c2cccnc2)n1)N1CC(OC(F)F)C1. The second kappa shape index (κ2) is 5.57. The largest absolute Gasteiger partial charge is 0.444 e. The summed E-state index contributed by atoms with van der Waals surface area (Å²) in [6.07, 6.45) is 3.79. The lowest BCUT2D eigenvalue weighted by atomic mass is 10.1. The van der Waals surface area contributed by atoms with Crippen molar-refractivity contribution in [1.82, 2.24) is 14.9 Å². The van der Waals surface area contributed by atoms with E-state index in [9.17, 15) is 13.6 Å². The molecule has 0 N–H and O–H groups in total. The maximum Gasteiger partial charge on any atom is 0.345 e. The molecule has 3 rings (SSSR count). The number of aromatic nitrogens is 2. The van der Waals surface area contributed by atoms with Crippen LogP contribution in [0.2, 0.25) is 0 Å². The average molecular weight is 295 g/mol. The minimum atomic E-state index is -2.82. The number of ether oxygens (including phenoxy) is 1. The molecule has 1 aliphatic heterocycles. The molecule has 2 aromatic rings. The molecule has 2 aromatic heterocycles. The van der Waals surface area contributed by atoms with E-state index in [0.29, 0.717) is 5.56 Å². The third-order valence-corrected chi connectivity index (χ3v) is 3.06. The number of carbonyl (C=O) groups excluding carboxylic acids is 1. The van der Waals surface area contributed by atoms with Gasteiger partial charge in [0.15, 0.2) is 5.69 Å². The molecule has 0 saturated carbocycles. The van der Waals surface area contributed by atoms with Crippen molar-refractivity contribution in [3.05, 3.63) is 36.5 Å². The first-order valence-corrected chi connectivity index (χ1v) is 6.22. The number of oxazole rings is 1. The van der Waals surface area contributed by atoms with Crippen LogP contribution < -0.4 is 0 Å². The molecular weight excluding hydrogens is 284 g/mol. The van der Waals surface area contributed by atoms with E-state index in [1.807, 2.05) is 0 Å². The van der Waals surface area contributed by atoms with E-state index < -0.39 is 12.7 Å². The van der Waals surface area contributed by atoms with E-state index >= 15 is 0 Å². The highest BCUT2D eigenvalue weighted by molar-refractivity contribution is 5.93. The molecule has 6 nitrogen and oxygen atoms in total. The summed E-state index contributed by atoms with van der Waals surface area (Å²) in [7, 11) is 0. The fourth-order valence-corrected chi connectivity index (χ4v) is 1.99. The smallest absolute Gasteiger partial charge is 0.345 e. The molecule has 0 spiro atoms. The van der Waals surface area contributed by atoms with Crippen molar-refractivity contribution in [2.45, 2.75) is 12.7 Å². The quantitative estimate of drug-likeness (QED) is 0.860. The number of carbonyl (C=O) groups is 1. The molecule has 3 heterocycles. The normalized spacial score (nSPS) is 15.3. The van der Waals surface area contributed by atoms with Crippen molar-refractivity contribution in [3.8, 4) is 11.5 Å². The van der Waals surface area contributed by atoms with Crippen LogP contribution in [0.1, 0.15) is 10.5 Å². The summed E-state index contributed by atoms with van der Waals surface area (Å²) in [5, 5.41) is 0. The van der Waals surface area contributed by atoms with Crippen LogP contribution in [-0.4, -0.2) is 46.6 Å². The Labute approximate surface area is 118 Å². The van der Waals surface area contributed by atoms with Crippen molar-refractivity contribution in [1.29, 1.82) is 0 Å². The molecule has 0 radical (unpaired) electrons. The molecule has 8 heteroatoms. The first-order chi connectivity index (χ1) is 10.1. The van der Waals surface area contributed by atoms with Crippen LogP contribution in [0.3, 0.4) is 0 Å². The van der Waals surface area contributed by atoms with Crippen LogP contribution in [0.15, 0.2) is 35.2 Å². The summed E-state index contributed by atoms with van der Waals surface area (Å²) in [5.41, 5.74) is 0.781. The van der Waals surface area contributed by atoms with Gasteiger partial charge in [0.25, 0.3) is 5.91 Å². The average Bonchev–Trinajstić information content (AvgIpc) is 2.92. The number of amides is 1. The third-order valence-electron chi connectivity index (χ3n) is 3.06. The molecular formula is C13H11F2N3O3. The minimum Gasteiger partial charge on any atom is -0.444 e. The number of halogens is 2. The fourth-order valence-electron chi connectivity index (χ4n) is 1.99. The van der Waals surface area contributed by atoms with Gasteiger partial charge in [0.1, 0.15) is 6.26 Å². The van der Waals surface area contributed by atoms with Crippen LogP contribution >= 0.6 is 0 Å². The minimum absolute atomic E-state index is 0.123. The first kappa shape index (κ1) is 13.6. The Morgan fingerprint density at radius 3 is 2.95 bits per heavy atom. The molecule has 21 heavy (non-hydrogen) atoms. The molecule has 110 valence electrons. The van der Waals surface area contributed by atoms with Crippen LogP contribution in [0.5, 0.6) is 0 Å². The van der Waals surface area contributed by atoms with Gasteiger partial charge < -0.3 is 14.1 Å². The highest BCUT2D eigenvalue weighted by atomic mass is 19.3. The van der Waals surface area contributed by atoms with E-state index in [4.69, 9.17) is 4.42 Å². The Morgan fingerprint density at radius 1 is 1.48 bits per heavy atom. The maximum atomic E-state index is 12.0. The summed E-state index contributed by atoms with van der Waals surface area (Å²) in [4.78, 5) is 21.4. The number of pyridine rings is 1. The van der Waals surface area contributed by atoms with Crippen molar-refractivity contribution >= 4 is 5.91 Å². The zero-order valence-electron chi connectivity index (χ0n) is 10.8. The topological polar surface area (TPSA) is 68.5 Å². The summed E-state index contributed by atoms with van der Waals surface area (Å²) < 4.78 is 33.5. The predicted octanol–water partition coefficient (Wildman–Crippen LogP) is 1.80. The zero-order chi connectivity index (χ0) is 14.8. The van der Waals surface area contributed by atoms with Gasteiger partial charge in [-0.2, -0.15) is 8.78 Å². The second-order valence-corrected chi connectivity index (χ2v) is 4.51. The summed E-state index contributed by atoms with van der Waals surface area (Å²) in [6, 6.07) is 3.48. The van der Waals surface area contributed by atoms with Crippen molar-refractivity contribution in [3.63, 3.8) is 0 Å². The Kier molecular flexibility index (Phi) is 3.61. The van der Waals surface area contributed by atoms with Gasteiger partial charge in [-0.3, -0.25) is 9.78 Å². The van der Waals surface area contributed by atoms with Gasteiger partial charge >= 0.3 is 6.61 Å². The van der Waals surface area contributed by atoms with Gasteiger partial charge in [0.05, 0.1) is 11.7 Å². The van der Waals surface area contributed by atoms with Gasteiger partial charge in [-0.1, -0.05) is 0 Å². The molecule has 0 aliphatic carbocycles. The van der Waals surface area contributed by atoms with E-state index in [0.717, 1.165) is 0 Å². The molecule has 0 atom stereocenters. The number of likely N-dealkylation sites (tertiary alicyclic amines) is 1. The van der Waals surface area contributed by atoms with Crippen molar-refractivity contribution < 1.29 is 22.7 Å². The number of rotatable bonds is 4. The Hall–Kier alpha value is -2.35. The highest BCUT2D eigenvalue weighted by Crippen LogP contribution is 2.21. The summed E-state index contributed by atoms with van der Waals surface area (Å²) in [5.74, 6) is -0.0876. The first-order valence-electron chi connectivity index (χ1n) is 6.22. The lowest BCUT2D eigenvalue weighted by molar-refractivity contribution is -0.189. The van der Waals surface area contributed by atoms with Gasteiger partial charge in [-0.05, 0) is 12.1 Å². The lowest BCUT2D eigenvalue weighted by Crippen LogP contribution is -2.55. The number of alkyl halides is 2. The van der Waals surface area contributed by atoms with Gasteiger partial charge in [-0.15, -0.1) is 0 Å². The lowest BCUT2D eigenvalue weighted by Gasteiger charge is -2.37. The summed E-state index contributed by atoms with van der Waals surface area (Å²) in [6.45, 7) is -2.58. The monoisotopic (exact) mass is 295 g/mol.